The van der Waals surface area contributed by atoms with Gasteiger partial charge in [-0.3, -0.25) is 10.1 Å². The Kier molecular flexibility index (Phi) is 5.92. The SMILES string of the molecule is N#Cc1cc(C#N)cc(Oc2cccc(OC(=O)c3ccc([N+](=O)[O-])cc3Cl)c2)c1. The topological polar surface area (TPSA) is 126 Å². The van der Waals surface area contributed by atoms with Crippen molar-refractivity contribution in [1.29, 1.82) is 10.5 Å². The molecule has 3 aromatic carbocycles. The third-order valence-electron chi connectivity index (χ3n) is 3.80. The lowest BCUT2D eigenvalue weighted by Gasteiger charge is -2.09. The van der Waals surface area contributed by atoms with E-state index < -0.39 is 10.9 Å². The molecule has 0 radical (unpaired) electrons. The van der Waals surface area contributed by atoms with Gasteiger partial charge >= 0.3 is 5.97 Å². The summed E-state index contributed by atoms with van der Waals surface area (Å²) in [6.45, 7) is 0. The second-order valence-electron chi connectivity index (χ2n) is 5.86. The van der Waals surface area contributed by atoms with Gasteiger partial charge in [0.1, 0.15) is 17.2 Å². The molecule has 0 atom stereocenters. The highest BCUT2D eigenvalue weighted by atomic mass is 35.5. The van der Waals surface area contributed by atoms with Crippen LogP contribution in [0, 0.1) is 32.8 Å². The highest BCUT2D eigenvalue weighted by molar-refractivity contribution is 6.33. The summed E-state index contributed by atoms with van der Waals surface area (Å²) < 4.78 is 10.9. The molecular weight excluding hydrogens is 410 g/mol. The number of nitro benzene ring substituents is 1. The number of esters is 1. The fraction of sp³-hybridized carbons (Fsp3) is 0. The molecule has 8 nitrogen and oxygen atoms in total. The lowest BCUT2D eigenvalue weighted by molar-refractivity contribution is -0.384. The highest BCUT2D eigenvalue weighted by Crippen LogP contribution is 2.28. The van der Waals surface area contributed by atoms with Gasteiger partial charge in [0.05, 0.1) is 38.8 Å². The van der Waals surface area contributed by atoms with E-state index in [1.807, 2.05) is 12.1 Å². The van der Waals surface area contributed by atoms with Crippen molar-refractivity contribution in [2.75, 3.05) is 0 Å². The van der Waals surface area contributed by atoms with Gasteiger partial charge in [-0.1, -0.05) is 17.7 Å². The minimum atomic E-state index is -0.801. The molecule has 0 saturated carbocycles. The fourth-order valence-corrected chi connectivity index (χ4v) is 2.72. The molecule has 9 heteroatoms. The van der Waals surface area contributed by atoms with E-state index in [1.165, 1.54) is 36.4 Å². The number of halogens is 1. The van der Waals surface area contributed by atoms with Crippen molar-refractivity contribution in [3.05, 3.63) is 92.5 Å². The smallest absolute Gasteiger partial charge is 0.345 e. The van der Waals surface area contributed by atoms with Gasteiger partial charge in [0.2, 0.25) is 0 Å². The summed E-state index contributed by atoms with van der Waals surface area (Å²) >= 11 is 5.95. The number of nitro groups is 1. The number of ether oxygens (including phenoxy) is 2. The molecule has 0 aliphatic rings. The summed E-state index contributed by atoms with van der Waals surface area (Å²) in [5, 5.41) is 28.8. The second kappa shape index (κ2) is 8.74. The number of nitriles is 2. The van der Waals surface area contributed by atoms with Gasteiger partial charge in [0.15, 0.2) is 0 Å². The molecule has 0 unspecified atom stereocenters. The van der Waals surface area contributed by atoms with Gasteiger partial charge in [0.25, 0.3) is 5.69 Å². The summed E-state index contributed by atoms with van der Waals surface area (Å²) in [6, 6.07) is 17.8. The molecule has 146 valence electrons. The highest BCUT2D eigenvalue weighted by Gasteiger charge is 2.17. The molecule has 0 saturated heterocycles. The zero-order chi connectivity index (χ0) is 21.7. The molecule has 30 heavy (non-hydrogen) atoms. The molecule has 0 bridgehead atoms. The summed E-state index contributed by atoms with van der Waals surface area (Å²) in [7, 11) is 0. The van der Waals surface area contributed by atoms with Crippen molar-refractivity contribution >= 4 is 23.3 Å². The Morgan fingerprint density at radius 3 is 2.20 bits per heavy atom. The zero-order valence-corrected chi connectivity index (χ0v) is 15.8. The minimum Gasteiger partial charge on any atom is -0.457 e. The van der Waals surface area contributed by atoms with E-state index in [-0.39, 0.29) is 38.9 Å². The molecule has 3 aromatic rings. The summed E-state index contributed by atoms with van der Waals surface area (Å²) in [6.07, 6.45) is 0. The van der Waals surface area contributed by atoms with E-state index in [4.69, 9.17) is 31.6 Å². The van der Waals surface area contributed by atoms with E-state index in [1.54, 1.807) is 12.1 Å². The standard InChI is InChI=1S/C21H10ClN3O5/c22-20-9-15(25(27)28)4-5-19(20)21(26)30-17-3-1-2-16(10-17)29-18-7-13(11-23)6-14(8-18)12-24/h1-10H. The molecule has 0 amide bonds. The lowest BCUT2D eigenvalue weighted by Crippen LogP contribution is -2.09. The average Bonchev–Trinajstić information content (AvgIpc) is 2.73. The van der Waals surface area contributed by atoms with Crippen LogP contribution in [0.15, 0.2) is 60.7 Å². The van der Waals surface area contributed by atoms with Crippen molar-refractivity contribution < 1.29 is 19.2 Å². The summed E-state index contributed by atoms with van der Waals surface area (Å²) in [5.74, 6) is -0.0873. The molecule has 3 rings (SSSR count). The van der Waals surface area contributed by atoms with Crippen LogP contribution in [0.25, 0.3) is 0 Å². The van der Waals surface area contributed by atoms with Gasteiger partial charge in [-0.2, -0.15) is 10.5 Å². The van der Waals surface area contributed by atoms with Crippen LogP contribution in [0.2, 0.25) is 5.02 Å². The Bertz CT molecular complexity index is 1210. The van der Waals surface area contributed by atoms with Crippen LogP contribution < -0.4 is 9.47 Å². The number of nitrogens with zero attached hydrogens (tertiary/aromatic N) is 3. The van der Waals surface area contributed by atoms with Crippen molar-refractivity contribution in [1.82, 2.24) is 0 Å². The van der Waals surface area contributed by atoms with E-state index in [2.05, 4.69) is 0 Å². The number of carbonyl (C=O) groups excluding carboxylic acids is 1. The molecular formula is C21H10ClN3O5. The molecule has 0 aliphatic heterocycles. The minimum absolute atomic E-state index is 0.0334. The first-order valence-electron chi connectivity index (χ1n) is 8.29. The van der Waals surface area contributed by atoms with Crippen LogP contribution in [0.1, 0.15) is 21.5 Å². The van der Waals surface area contributed by atoms with Gasteiger partial charge in [0, 0.05) is 18.2 Å². The summed E-state index contributed by atoms with van der Waals surface area (Å²) in [5.41, 5.74) is 0.246. The van der Waals surface area contributed by atoms with Crippen LogP contribution in [0.5, 0.6) is 17.2 Å². The van der Waals surface area contributed by atoms with Gasteiger partial charge in [-0.25, -0.2) is 4.79 Å². The lowest BCUT2D eigenvalue weighted by atomic mass is 10.1. The maximum atomic E-state index is 12.4. The first kappa shape index (κ1) is 20.3. The Morgan fingerprint density at radius 2 is 1.60 bits per heavy atom. The number of hydrogen-bond donors (Lipinski definition) is 0. The molecule has 0 spiro atoms. The second-order valence-corrected chi connectivity index (χ2v) is 6.26. The number of rotatable bonds is 5. The first-order valence-corrected chi connectivity index (χ1v) is 8.66. The Balaban J connectivity index is 1.80. The third kappa shape index (κ3) is 4.71. The molecule has 0 aromatic heterocycles. The Hall–Kier alpha value is -4.40. The average molecular weight is 420 g/mol. The fourth-order valence-electron chi connectivity index (χ4n) is 2.47. The number of carbonyl (C=O) groups is 1. The predicted molar refractivity (Wildman–Crippen MR) is 105 cm³/mol. The largest absolute Gasteiger partial charge is 0.457 e. The molecule has 0 N–H and O–H groups in total. The predicted octanol–water partition coefficient (Wildman–Crippen LogP) is 5.00. The Labute approximate surface area is 175 Å². The zero-order valence-electron chi connectivity index (χ0n) is 15.0. The molecule has 0 heterocycles. The van der Waals surface area contributed by atoms with Crippen molar-refractivity contribution in [3.63, 3.8) is 0 Å². The quantitative estimate of drug-likeness (QED) is 0.246. The van der Waals surface area contributed by atoms with Crippen molar-refractivity contribution in [3.8, 4) is 29.4 Å². The van der Waals surface area contributed by atoms with Crippen LogP contribution in [0.3, 0.4) is 0 Å². The number of non-ortho nitro benzene ring substituents is 1. The third-order valence-corrected chi connectivity index (χ3v) is 4.11. The van der Waals surface area contributed by atoms with E-state index in [0.29, 0.717) is 5.75 Å². The normalized spacial score (nSPS) is 9.83. The van der Waals surface area contributed by atoms with Gasteiger partial charge < -0.3 is 9.47 Å². The van der Waals surface area contributed by atoms with Crippen LogP contribution in [-0.4, -0.2) is 10.9 Å². The monoisotopic (exact) mass is 419 g/mol. The van der Waals surface area contributed by atoms with E-state index in [9.17, 15) is 14.9 Å². The van der Waals surface area contributed by atoms with Gasteiger partial charge in [-0.05, 0) is 36.4 Å². The molecule has 0 fully saturated rings. The first-order chi connectivity index (χ1) is 14.4. The maximum absolute atomic E-state index is 12.4. The summed E-state index contributed by atoms with van der Waals surface area (Å²) in [4.78, 5) is 22.5. The number of benzene rings is 3. The van der Waals surface area contributed by atoms with Crippen molar-refractivity contribution in [2.24, 2.45) is 0 Å². The van der Waals surface area contributed by atoms with Crippen LogP contribution in [0.4, 0.5) is 5.69 Å². The van der Waals surface area contributed by atoms with Crippen LogP contribution in [-0.2, 0) is 0 Å². The van der Waals surface area contributed by atoms with E-state index >= 15 is 0 Å². The van der Waals surface area contributed by atoms with Crippen LogP contribution >= 0.6 is 11.6 Å². The van der Waals surface area contributed by atoms with Crippen molar-refractivity contribution in [2.45, 2.75) is 0 Å². The Morgan fingerprint density at radius 1 is 0.933 bits per heavy atom. The van der Waals surface area contributed by atoms with E-state index in [0.717, 1.165) is 12.1 Å². The number of hydrogen-bond acceptors (Lipinski definition) is 7. The maximum Gasteiger partial charge on any atom is 0.345 e. The van der Waals surface area contributed by atoms with Gasteiger partial charge in [-0.15, -0.1) is 0 Å². The molecule has 0 aliphatic carbocycles.